The van der Waals surface area contributed by atoms with Gasteiger partial charge in [-0.25, -0.2) is 0 Å². The van der Waals surface area contributed by atoms with Gasteiger partial charge in [-0.15, -0.1) is 0 Å². The van der Waals surface area contributed by atoms with Crippen LogP contribution in [0.1, 0.15) is 5.56 Å². The van der Waals surface area contributed by atoms with E-state index in [1.807, 2.05) is 30.3 Å². The molecule has 0 saturated heterocycles. The zero-order valence-electron chi connectivity index (χ0n) is 13.1. The van der Waals surface area contributed by atoms with Gasteiger partial charge >= 0.3 is 7.60 Å². The van der Waals surface area contributed by atoms with E-state index in [0.29, 0.717) is 22.6 Å². The molecule has 7 heteroatoms. The maximum atomic E-state index is 12.0. The van der Waals surface area contributed by atoms with Crippen molar-refractivity contribution in [3.63, 3.8) is 0 Å². The fourth-order valence-electron chi connectivity index (χ4n) is 2.28. The standard InChI is InChI=1S/C16H18ClO5P/c1-20-14-9-12(11-7-5-4-6-8-11)13(10-23(18,19)22-3)15(17)16(14)21-2/h4-9H,10H2,1-3H3,(H,18,19). The van der Waals surface area contributed by atoms with Gasteiger partial charge in [0.15, 0.2) is 11.5 Å². The number of halogens is 1. The Labute approximate surface area is 140 Å². The van der Waals surface area contributed by atoms with Gasteiger partial charge < -0.3 is 18.9 Å². The maximum Gasteiger partial charge on any atom is 0.332 e. The van der Waals surface area contributed by atoms with Crippen molar-refractivity contribution in [3.05, 3.63) is 47.0 Å². The van der Waals surface area contributed by atoms with Gasteiger partial charge in [0.25, 0.3) is 0 Å². The predicted molar refractivity (Wildman–Crippen MR) is 90.5 cm³/mol. The summed E-state index contributed by atoms with van der Waals surface area (Å²) in [4.78, 5) is 9.87. The van der Waals surface area contributed by atoms with Gasteiger partial charge in [0.2, 0.25) is 0 Å². The summed E-state index contributed by atoms with van der Waals surface area (Å²) >= 11 is 6.42. The minimum Gasteiger partial charge on any atom is -0.493 e. The van der Waals surface area contributed by atoms with Gasteiger partial charge in [0.05, 0.1) is 25.4 Å². The number of hydrogen-bond acceptors (Lipinski definition) is 4. The topological polar surface area (TPSA) is 65.0 Å². The van der Waals surface area contributed by atoms with Crippen LogP contribution in [0.4, 0.5) is 0 Å². The first kappa shape index (κ1) is 17.8. The summed E-state index contributed by atoms with van der Waals surface area (Å²) in [6.07, 6.45) is -0.229. The van der Waals surface area contributed by atoms with E-state index in [9.17, 15) is 9.46 Å². The summed E-state index contributed by atoms with van der Waals surface area (Å²) in [7, 11) is 0.359. The van der Waals surface area contributed by atoms with Crippen molar-refractivity contribution < 1.29 is 23.5 Å². The summed E-state index contributed by atoms with van der Waals surface area (Å²) in [5, 5.41) is 0.233. The van der Waals surface area contributed by atoms with Gasteiger partial charge in [-0.3, -0.25) is 4.57 Å². The Morgan fingerprint density at radius 1 is 1.13 bits per heavy atom. The molecule has 1 unspecified atom stereocenters. The Balaban J connectivity index is 2.72. The van der Waals surface area contributed by atoms with E-state index in [1.54, 1.807) is 6.07 Å². The monoisotopic (exact) mass is 356 g/mol. The number of ether oxygens (including phenoxy) is 2. The fraction of sp³-hybridized carbons (Fsp3) is 0.250. The second-order valence-electron chi connectivity index (χ2n) is 4.80. The lowest BCUT2D eigenvalue weighted by Crippen LogP contribution is -2.00. The van der Waals surface area contributed by atoms with Crippen LogP contribution in [0, 0.1) is 0 Å². The summed E-state index contributed by atoms with van der Waals surface area (Å²) in [6.45, 7) is 0. The van der Waals surface area contributed by atoms with E-state index in [4.69, 9.17) is 25.6 Å². The van der Waals surface area contributed by atoms with Crippen molar-refractivity contribution in [2.75, 3.05) is 21.3 Å². The largest absolute Gasteiger partial charge is 0.493 e. The molecule has 0 aliphatic rings. The predicted octanol–water partition coefficient (Wildman–Crippen LogP) is 4.36. The van der Waals surface area contributed by atoms with Gasteiger partial charge in [-0.05, 0) is 22.8 Å². The van der Waals surface area contributed by atoms with Crippen molar-refractivity contribution in [2.45, 2.75) is 6.16 Å². The van der Waals surface area contributed by atoms with Gasteiger partial charge in [0, 0.05) is 7.11 Å². The number of methoxy groups -OCH3 is 2. The molecule has 0 aliphatic carbocycles. The molecule has 124 valence electrons. The highest BCUT2D eigenvalue weighted by atomic mass is 35.5. The van der Waals surface area contributed by atoms with E-state index in [-0.39, 0.29) is 11.2 Å². The Morgan fingerprint density at radius 2 is 1.78 bits per heavy atom. The van der Waals surface area contributed by atoms with Crippen molar-refractivity contribution >= 4 is 19.2 Å². The maximum absolute atomic E-state index is 12.0. The molecular formula is C16H18ClO5P. The lowest BCUT2D eigenvalue weighted by molar-refractivity contribution is 0.314. The first-order valence-corrected chi connectivity index (χ1v) is 8.94. The molecule has 2 rings (SSSR count). The molecular weight excluding hydrogens is 339 g/mol. The third-order valence-electron chi connectivity index (χ3n) is 3.44. The zero-order chi connectivity index (χ0) is 17.0. The van der Waals surface area contributed by atoms with Crippen LogP contribution in [0.15, 0.2) is 36.4 Å². The molecule has 0 bridgehead atoms. The molecule has 23 heavy (non-hydrogen) atoms. The highest BCUT2D eigenvalue weighted by Crippen LogP contribution is 2.51. The molecule has 0 amide bonds. The minimum atomic E-state index is -3.80. The highest BCUT2D eigenvalue weighted by Gasteiger charge is 2.26. The first-order valence-electron chi connectivity index (χ1n) is 6.79. The molecule has 1 N–H and O–H groups in total. The van der Waals surface area contributed by atoms with Crippen molar-refractivity contribution in [3.8, 4) is 22.6 Å². The van der Waals surface area contributed by atoms with E-state index in [1.165, 1.54) is 21.3 Å². The molecule has 0 spiro atoms. The first-order chi connectivity index (χ1) is 10.9. The van der Waals surface area contributed by atoms with E-state index in [2.05, 4.69) is 0 Å². The highest BCUT2D eigenvalue weighted by molar-refractivity contribution is 7.51. The fourth-order valence-corrected chi connectivity index (χ4v) is 3.57. The van der Waals surface area contributed by atoms with Crippen LogP contribution in [0.3, 0.4) is 0 Å². The Hall–Kier alpha value is -1.52. The summed E-state index contributed by atoms with van der Waals surface area (Å²) in [5.74, 6) is 0.769. The van der Waals surface area contributed by atoms with Gasteiger partial charge in [-0.1, -0.05) is 41.9 Å². The van der Waals surface area contributed by atoms with Crippen molar-refractivity contribution in [1.29, 1.82) is 0 Å². The lowest BCUT2D eigenvalue weighted by Gasteiger charge is -2.19. The average molecular weight is 357 g/mol. The third kappa shape index (κ3) is 3.88. The molecule has 1 atom stereocenters. The second kappa shape index (κ2) is 7.37. The molecule has 0 radical (unpaired) electrons. The van der Waals surface area contributed by atoms with Crippen LogP contribution < -0.4 is 9.47 Å². The summed E-state index contributed by atoms with van der Waals surface area (Å²) in [6, 6.07) is 11.1. The Morgan fingerprint density at radius 3 is 2.30 bits per heavy atom. The smallest absolute Gasteiger partial charge is 0.332 e. The molecule has 2 aromatic rings. The average Bonchev–Trinajstić information content (AvgIpc) is 2.57. The number of rotatable bonds is 6. The van der Waals surface area contributed by atoms with Gasteiger partial charge in [0.1, 0.15) is 0 Å². The number of benzene rings is 2. The normalized spacial score (nSPS) is 13.4. The van der Waals surface area contributed by atoms with Crippen LogP contribution >= 0.6 is 19.2 Å². The Kier molecular flexibility index (Phi) is 5.71. The molecule has 5 nitrogen and oxygen atoms in total. The number of hydrogen-bond donors (Lipinski definition) is 1. The summed E-state index contributed by atoms with van der Waals surface area (Å²) < 4.78 is 27.3. The van der Waals surface area contributed by atoms with Crippen LogP contribution in [-0.2, 0) is 15.3 Å². The van der Waals surface area contributed by atoms with Crippen molar-refractivity contribution in [1.82, 2.24) is 0 Å². The van der Waals surface area contributed by atoms with E-state index >= 15 is 0 Å². The molecule has 0 aliphatic heterocycles. The second-order valence-corrected chi connectivity index (χ2v) is 7.13. The van der Waals surface area contributed by atoms with Crippen LogP contribution in [-0.4, -0.2) is 26.2 Å². The lowest BCUT2D eigenvalue weighted by atomic mass is 9.99. The molecule has 0 fully saturated rings. The van der Waals surface area contributed by atoms with Crippen molar-refractivity contribution in [2.24, 2.45) is 0 Å². The molecule has 0 aromatic heterocycles. The van der Waals surface area contributed by atoms with Crippen LogP contribution in [0.5, 0.6) is 11.5 Å². The van der Waals surface area contributed by atoms with Crippen LogP contribution in [0.2, 0.25) is 5.02 Å². The zero-order valence-corrected chi connectivity index (χ0v) is 14.7. The molecule has 0 saturated carbocycles. The Bertz CT molecular complexity index is 733. The molecule has 0 heterocycles. The minimum absolute atomic E-state index is 0.229. The van der Waals surface area contributed by atoms with E-state index < -0.39 is 7.60 Å². The van der Waals surface area contributed by atoms with Crippen LogP contribution in [0.25, 0.3) is 11.1 Å². The van der Waals surface area contributed by atoms with E-state index in [0.717, 1.165) is 5.56 Å². The third-order valence-corrected chi connectivity index (χ3v) is 5.13. The summed E-state index contributed by atoms with van der Waals surface area (Å²) in [5.41, 5.74) is 2.02. The van der Waals surface area contributed by atoms with Gasteiger partial charge in [-0.2, -0.15) is 0 Å². The quantitative estimate of drug-likeness (QED) is 0.779. The molecule has 2 aromatic carbocycles. The SMILES string of the molecule is COc1cc(-c2ccccc2)c(CP(=O)(O)OC)c(Cl)c1OC.